The van der Waals surface area contributed by atoms with Crippen molar-refractivity contribution >= 4 is 15.6 Å². The van der Waals surface area contributed by atoms with Gasteiger partial charge in [0.1, 0.15) is 5.78 Å². The molecular weight excluding hydrogens is 212 g/mol. The van der Waals surface area contributed by atoms with Gasteiger partial charge in [-0.3, -0.25) is 4.79 Å². The molecule has 1 aliphatic rings. The zero-order valence-corrected chi connectivity index (χ0v) is 10.3. The van der Waals surface area contributed by atoms with E-state index in [0.717, 1.165) is 19.3 Å². The summed E-state index contributed by atoms with van der Waals surface area (Å²) in [5, 5.41) is -0.401. The van der Waals surface area contributed by atoms with E-state index in [2.05, 4.69) is 0 Å². The van der Waals surface area contributed by atoms with Crippen molar-refractivity contribution in [2.24, 2.45) is 5.92 Å². The number of hydrogen-bond donors (Lipinski definition) is 0. The summed E-state index contributed by atoms with van der Waals surface area (Å²) in [6.45, 7) is 3.80. The number of ketones is 1. The molecule has 15 heavy (non-hydrogen) atoms. The van der Waals surface area contributed by atoms with E-state index in [9.17, 15) is 13.2 Å². The van der Waals surface area contributed by atoms with Gasteiger partial charge in [0, 0.05) is 12.3 Å². The second-order valence-electron chi connectivity index (χ2n) is 4.41. The van der Waals surface area contributed by atoms with Gasteiger partial charge in [-0.2, -0.15) is 0 Å². The number of Topliss-reactive ketones (excluding diaryl/α,β-unsaturated/α-hetero) is 1. The summed E-state index contributed by atoms with van der Waals surface area (Å²) in [5.41, 5.74) is 0. The Labute approximate surface area is 92.2 Å². The van der Waals surface area contributed by atoms with Gasteiger partial charge in [-0.25, -0.2) is 8.42 Å². The van der Waals surface area contributed by atoms with E-state index in [0.29, 0.717) is 12.8 Å². The highest BCUT2D eigenvalue weighted by Gasteiger charge is 2.39. The molecule has 0 bridgehead atoms. The number of unbranched alkanes of at least 4 members (excludes halogenated alkanes) is 2. The monoisotopic (exact) mass is 232 g/mol. The van der Waals surface area contributed by atoms with E-state index in [1.807, 2.05) is 6.92 Å². The summed E-state index contributed by atoms with van der Waals surface area (Å²) < 4.78 is 23.8. The first-order valence-electron chi connectivity index (χ1n) is 5.73. The Hall–Kier alpha value is -0.380. The molecule has 0 radical (unpaired) electrons. The molecule has 0 N–H and O–H groups in total. The first kappa shape index (κ1) is 12.7. The number of carbonyl (C=O) groups excluding carboxylic acids is 1. The lowest BCUT2D eigenvalue weighted by molar-refractivity contribution is -0.120. The number of carbonyl (C=O) groups is 1. The Kier molecular flexibility index (Phi) is 4.32. The topological polar surface area (TPSA) is 51.2 Å². The van der Waals surface area contributed by atoms with Crippen LogP contribution in [-0.4, -0.2) is 25.2 Å². The van der Waals surface area contributed by atoms with Gasteiger partial charge in [0.15, 0.2) is 9.84 Å². The van der Waals surface area contributed by atoms with Crippen molar-refractivity contribution in [3.8, 4) is 0 Å². The molecule has 3 nitrogen and oxygen atoms in total. The minimum absolute atomic E-state index is 0.110. The molecule has 4 heteroatoms. The molecule has 88 valence electrons. The van der Waals surface area contributed by atoms with Crippen LogP contribution in [0.1, 0.15) is 46.0 Å². The minimum Gasteiger partial charge on any atom is -0.299 e. The maximum Gasteiger partial charge on any atom is 0.153 e. The predicted molar refractivity (Wildman–Crippen MR) is 60.5 cm³/mol. The minimum atomic E-state index is -3.04. The summed E-state index contributed by atoms with van der Waals surface area (Å²) in [7, 11) is -3.04. The number of sulfone groups is 1. The third kappa shape index (κ3) is 3.03. The van der Waals surface area contributed by atoms with Crippen molar-refractivity contribution in [2.45, 2.75) is 51.2 Å². The highest BCUT2D eigenvalue weighted by atomic mass is 32.2. The molecule has 0 aliphatic heterocycles. The zero-order chi connectivity index (χ0) is 11.5. The van der Waals surface area contributed by atoms with Gasteiger partial charge in [-0.05, 0) is 12.8 Å². The van der Waals surface area contributed by atoms with Crippen LogP contribution in [0.25, 0.3) is 0 Å². The largest absolute Gasteiger partial charge is 0.299 e. The van der Waals surface area contributed by atoms with Crippen LogP contribution in [0.2, 0.25) is 0 Å². The van der Waals surface area contributed by atoms with E-state index < -0.39 is 15.1 Å². The van der Waals surface area contributed by atoms with Crippen molar-refractivity contribution in [2.75, 3.05) is 5.75 Å². The molecule has 2 atom stereocenters. The predicted octanol–water partition coefficient (Wildman–Crippen LogP) is 1.96. The van der Waals surface area contributed by atoms with Gasteiger partial charge in [-0.1, -0.05) is 26.7 Å². The van der Waals surface area contributed by atoms with E-state index >= 15 is 0 Å². The highest BCUT2D eigenvalue weighted by molar-refractivity contribution is 7.92. The van der Waals surface area contributed by atoms with Crippen LogP contribution in [0.15, 0.2) is 0 Å². The van der Waals surface area contributed by atoms with Crippen LogP contribution in [0.5, 0.6) is 0 Å². The number of hydrogen-bond acceptors (Lipinski definition) is 3. The van der Waals surface area contributed by atoms with E-state index in [4.69, 9.17) is 0 Å². The quantitative estimate of drug-likeness (QED) is 0.681. The molecule has 0 heterocycles. The summed E-state index contributed by atoms with van der Waals surface area (Å²) in [6, 6.07) is 0. The Bertz CT molecular complexity index is 319. The Morgan fingerprint density at radius 3 is 2.47 bits per heavy atom. The van der Waals surface area contributed by atoms with Gasteiger partial charge in [-0.15, -0.1) is 0 Å². The maximum atomic E-state index is 11.9. The molecule has 1 aliphatic carbocycles. The average Bonchev–Trinajstić information content (AvgIpc) is 2.48. The first-order valence-corrected chi connectivity index (χ1v) is 7.45. The average molecular weight is 232 g/mol. The van der Waals surface area contributed by atoms with Gasteiger partial charge in [0.2, 0.25) is 0 Å². The molecule has 0 aromatic rings. The van der Waals surface area contributed by atoms with Crippen molar-refractivity contribution in [1.29, 1.82) is 0 Å². The van der Waals surface area contributed by atoms with Crippen LogP contribution in [0.4, 0.5) is 0 Å². The molecule has 2 unspecified atom stereocenters. The van der Waals surface area contributed by atoms with E-state index in [1.54, 1.807) is 6.92 Å². The van der Waals surface area contributed by atoms with E-state index in [-0.39, 0.29) is 17.5 Å². The van der Waals surface area contributed by atoms with Crippen molar-refractivity contribution < 1.29 is 13.2 Å². The molecule has 0 spiro atoms. The van der Waals surface area contributed by atoms with Gasteiger partial charge < -0.3 is 0 Å². The fraction of sp³-hybridized carbons (Fsp3) is 0.909. The fourth-order valence-electron chi connectivity index (χ4n) is 2.16. The van der Waals surface area contributed by atoms with Crippen molar-refractivity contribution in [1.82, 2.24) is 0 Å². The molecule has 1 fully saturated rings. The lowest BCUT2D eigenvalue weighted by atomic mass is 10.1. The second-order valence-corrected chi connectivity index (χ2v) is 6.75. The summed E-state index contributed by atoms with van der Waals surface area (Å²) in [4.78, 5) is 11.3. The van der Waals surface area contributed by atoms with Crippen LogP contribution in [-0.2, 0) is 14.6 Å². The van der Waals surface area contributed by atoms with Gasteiger partial charge in [0.05, 0.1) is 11.0 Å². The van der Waals surface area contributed by atoms with Crippen LogP contribution in [0.3, 0.4) is 0 Å². The highest BCUT2D eigenvalue weighted by Crippen LogP contribution is 2.28. The third-order valence-electron chi connectivity index (χ3n) is 3.23. The lowest BCUT2D eigenvalue weighted by Gasteiger charge is -2.14. The SMILES string of the molecule is CCCCCS(=O)(=O)C1CCC(=O)C1C. The molecule has 1 saturated carbocycles. The second kappa shape index (κ2) is 5.10. The van der Waals surface area contributed by atoms with E-state index in [1.165, 1.54) is 0 Å². The normalized spacial score (nSPS) is 27.2. The zero-order valence-electron chi connectivity index (χ0n) is 9.53. The maximum absolute atomic E-state index is 11.9. The molecule has 0 saturated heterocycles. The van der Waals surface area contributed by atoms with Gasteiger partial charge >= 0.3 is 0 Å². The molecule has 0 amide bonds. The van der Waals surface area contributed by atoms with Gasteiger partial charge in [0.25, 0.3) is 0 Å². The summed E-state index contributed by atoms with van der Waals surface area (Å²) in [5.74, 6) is 0.0824. The van der Waals surface area contributed by atoms with Crippen LogP contribution >= 0.6 is 0 Å². The smallest absolute Gasteiger partial charge is 0.153 e. The Morgan fingerprint density at radius 2 is 2.00 bits per heavy atom. The molecule has 0 aromatic heterocycles. The van der Waals surface area contributed by atoms with Crippen LogP contribution < -0.4 is 0 Å². The Morgan fingerprint density at radius 1 is 1.33 bits per heavy atom. The third-order valence-corrected chi connectivity index (χ3v) is 5.66. The Balaban J connectivity index is 2.58. The standard InChI is InChI=1S/C11H20O3S/c1-3-4-5-8-15(13,14)11-7-6-10(12)9(11)2/h9,11H,3-8H2,1-2H3. The number of rotatable bonds is 5. The molecule has 1 rings (SSSR count). The molecule has 0 aromatic carbocycles. The molecular formula is C11H20O3S. The first-order chi connectivity index (χ1) is 6.99. The van der Waals surface area contributed by atoms with Crippen LogP contribution in [0, 0.1) is 5.92 Å². The lowest BCUT2D eigenvalue weighted by Crippen LogP contribution is -2.28. The van der Waals surface area contributed by atoms with Crippen molar-refractivity contribution in [3.63, 3.8) is 0 Å². The fourth-order valence-corrected chi connectivity index (χ4v) is 4.32. The summed E-state index contributed by atoms with van der Waals surface area (Å²) >= 11 is 0. The summed E-state index contributed by atoms with van der Waals surface area (Å²) in [6.07, 6.45) is 3.69. The van der Waals surface area contributed by atoms with Crippen molar-refractivity contribution in [3.05, 3.63) is 0 Å².